The second-order valence-electron chi connectivity index (χ2n) is 5.60. The van der Waals surface area contributed by atoms with Gasteiger partial charge in [-0.3, -0.25) is 4.79 Å². The number of hydrogen-bond donors (Lipinski definition) is 0. The summed E-state index contributed by atoms with van der Waals surface area (Å²) in [7, 11) is 1.64. The van der Waals surface area contributed by atoms with Gasteiger partial charge >= 0.3 is 0 Å². The van der Waals surface area contributed by atoms with Gasteiger partial charge in [0.25, 0.3) is 5.91 Å². The Morgan fingerprint density at radius 1 is 1.27 bits per heavy atom. The summed E-state index contributed by atoms with van der Waals surface area (Å²) < 4.78 is 5.38. The van der Waals surface area contributed by atoms with Crippen molar-refractivity contribution in [1.82, 2.24) is 4.90 Å². The van der Waals surface area contributed by atoms with Crippen molar-refractivity contribution in [1.29, 1.82) is 0 Å². The summed E-state index contributed by atoms with van der Waals surface area (Å²) in [6.07, 6.45) is 5.52. The Labute approximate surface area is 135 Å². The molecule has 22 heavy (non-hydrogen) atoms. The van der Waals surface area contributed by atoms with Crippen LogP contribution in [-0.4, -0.2) is 36.2 Å². The molecule has 2 heterocycles. The summed E-state index contributed by atoms with van der Waals surface area (Å²) in [4.78, 5) is 19.3. The first-order chi connectivity index (χ1) is 10.7. The van der Waals surface area contributed by atoms with Crippen LogP contribution in [0, 0.1) is 6.92 Å². The number of carbonyl (C=O) groups is 1. The van der Waals surface area contributed by atoms with Gasteiger partial charge < -0.3 is 9.64 Å². The number of ether oxygens (including phenoxy) is 1. The lowest BCUT2D eigenvalue weighted by molar-refractivity contribution is -0.113. The predicted molar refractivity (Wildman–Crippen MR) is 91.2 cm³/mol. The zero-order chi connectivity index (χ0) is 15.5. The molecule has 0 saturated carbocycles. The van der Waals surface area contributed by atoms with Crippen LogP contribution in [0.25, 0.3) is 6.08 Å². The first kappa shape index (κ1) is 15.2. The summed E-state index contributed by atoms with van der Waals surface area (Å²) >= 11 is 1.48. The molecule has 2 aliphatic rings. The molecule has 0 bridgehead atoms. The fraction of sp³-hybridized carbons (Fsp3) is 0.412. The molecule has 5 heteroatoms. The summed E-state index contributed by atoms with van der Waals surface area (Å²) in [5, 5.41) is 0.850. The fourth-order valence-corrected chi connectivity index (χ4v) is 3.68. The number of amidine groups is 1. The number of amides is 1. The van der Waals surface area contributed by atoms with Crippen LogP contribution >= 0.6 is 11.8 Å². The van der Waals surface area contributed by atoms with Gasteiger partial charge in [-0.2, -0.15) is 4.99 Å². The first-order valence-corrected chi connectivity index (χ1v) is 8.41. The maximum atomic E-state index is 12.2. The predicted octanol–water partition coefficient (Wildman–Crippen LogP) is 3.46. The van der Waals surface area contributed by atoms with Crippen molar-refractivity contribution in [3.63, 3.8) is 0 Å². The van der Waals surface area contributed by atoms with Crippen LogP contribution in [0.3, 0.4) is 0 Å². The molecule has 1 saturated heterocycles. The average molecular weight is 316 g/mol. The zero-order valence-corrected chi connectivity index (χ0v) is 13.8. The van der Waals surface area contributed by atoms with Gasteiger partial charge in [0.15, 0.2) is 5.17 Å². The SMILES string of the molecule is COc1ccc(C)cc1/C=C1\SC(N2CCCCC2)=NC1=O. The van der Waals surface area contributed by atoms with Crippen LogP contribution in [0.5, 0.6) is 5.75 Å². The highest BCUT2D eigenvalue weighted by atomic mass is 32.2. The van der Waals surface area contributed by atoms with Crippen molar-refractivity contribution in [2.75, 3.05) is 20.2 Å². The van der Waals surface area contributed by atoms with E-state index in [0.717, 1.165) is 35.1 Å². The second kappa shape index (κ2) is 6.57. The molecule has 1 aromatic rings. The average Bonchev–Trinajstić information content (AvgIpc) is 2.90. The summed E-state index contributed by atoms with van der Waals surface area (Å²) in [6.45, 7) is 4.03. The highest BCUT2D eigenvalue weighted by molar-refractivity contribution is 8.18. The lowest BCUT2D eigenvalue weighted by atomic mass is 10.1. The van der Waals surface area contributed by atoms with Crippen molar-refractivity contribution in [3.8, 4) is 5.75 Å². The summed E-state index contributed by atoms with van der Waals surface area (Å²) in [5.41, 5.74) is 2.06. The smallest absolute Gasteiger partial charge is 0.286 e. The normalized spacial score (nSPS) is 20.5. The van der Waals surface area contributed by atoms with E-state index in [1.807, 2.05) is 31.2 Å². The van der Waals surface area contributed by atoms with E-state index in [0.29, 0.717) is 4.91 Å². The molecule has 4 nitrogen and oxygen atoms in total. The molecule has 2 aliphatic heterocycles. The van der Waals surface area contributed by atoms with Crippen LogP contribution in [0.4, 0.5) is 0 Å². The van der Waals surface area contributed by atoms with Crippen molar-refractivity contribution in [3.05, 3.63) is 34.2 Å². The molecular formula is C17H20N2O2S. The third-order valence-electron chi connectivity index (χ3n) is 3.91. The van der Waals surface area contributed by atoms with Gasteiger partial charge in [-0.1, -0.05) is 11.6 Å². The van der Waals surface area contributed by atoms with Gasteiger partial charge in [0, 0.05) is 18.7 Å². The highest BCUT2D eigenvalue weighted by Gasteiger charge is 2.27. The lowest BCUT2D eigenvalue weighted by Crippen LogP contribution is -2.33. The number of aliphatic imine (C=N–C) groups is 1. The van der Waals surface area contributed by atoms with Crippen LogP contribution in [0.1, 0.15) is 30.4 Å². The maximum absolute atomic E-state index is 12.2. The van der Waals surface area contributed by atoms with E-state index in [1.54, 1.807) is 7.11 Å². The Balaban J connectivity index is 1.82. The largest absolute Gasteiger partial charge is 0.496 e. The Hall–Kier alpha value is -1.75. The number of carbonyl (C=O) groups excluding carboxylic acids is 1. The van der Waals surface area contributed by atoms with E-state index in [-0.39, 0.29) is 5.91 Å². The van der Waals surface area contributed by atoms with Crippen LogP contribution in [0.15, 0.2) is 28.1 Å². The third kappa shape index (κ3) is 3.19. The minimum atomic E-state index is -0.144. The molecular weight excluding hydrogens is 296 g/mol. The molecule has 116 valence electrons. The molecule has 0 N–H and O–H groups in total. The van der Waals surface area contributed by atoms with Gasteiger partial charge in [-0.05, 0) is 56.2 Å². The fourth-order valence-electron chi connectivity index (χ4n) is 2.73. The molecule has 0 spiro atoms. The monoisotopic (exact) mass is 316 g/mol. The number of methoxy groups -OCH3 is 1. The number of benzene rings is 1. The minimum absolute atomic E-state index is 0.144. The van der Waals surface area contributed by atoms with E-state index in [2.05, 4.69) is 9.89 Å². The number of aryl methyl sites for hydroxylation is 1. The molecule has 0 radical (unpaired) electrons. The van der Waals surface area contributed by atoms with Crippen molar-refractivity contribution < 1.29 is 9.53 Å². The van der Waals surface area contributed by atoms with E-state index >= 15 is 0 Å². The van der Waals surface area contributed by atoms with Crippen LogP contribution in [-0.2, 0) is 4.79 Å². The minimum Gasteiger partial charge on any atom is -0.496 e. The lowest BCUT2D eigenvalue weighted by Gasteiger charge is -2.27. The Kier molecular flexibility index (Phi) is 4.52. The molecule has 1 fully saturated rings. The van der Waals surface area contributed by atoms with E-state index in [1.165, 1.54) is 31.0 Å². The Bertz CT molecular complexity index is 646. The van der Waals surface area contributed by atoms with Gasteiger partial charge in [0.1, 0.15) is 5.75 Å². The number of nitrogens with zero attached hydrogens (tertiary/aromatic N) is 2. The highest BCUT2D eigenvalue weighted by Crippen LogP contribution is 2.33. The molecule has 1 aromatic carbocycles. The van der Waals surface area contributed by atoms with Gasteiger partial charge in [0.05, 0.1) is 12.0 Å². The van der Waals surface area contributed by atoms with Gasteiger partial charge in [0.2, 0.25) is 0 Å². The zero-order valence-electron chi connectivity index (χ0n) is 13.0. The maximum Gasteiger partial charge on any atom is 0.286 e. The number of thioether (sulfide) groups is 1. The van der Waals surface area contributed by atoms with Gasteiger partial charge in [-0.25, -0.2) is 0 Å². The van der Waals surface area contributed by atoms with E-state index < -0.39 is 0 Å². The molecule has 3 rings (SSSR count). The molecule has 1 amide bonds. The number of rotatable bonds is 2. The van der Waals surface area contributed by atoms with Crippen LogP contribution < -0.4 is 4.74 Å². The molecule has 0 aromatic heterocycles. The number of piperidine rings is 1. The van der Waals surface area contributed by atoms with Gasteiger partial charge in [-0.15, -0.1) is 0 Å². The van der Waals surface area contributed by atoms with Crippen molar-refractivity contribution in [2.24, 2.45) is 4.99 Å². The quantitative estimate of drug-likeness (QED) is 0.784. The van der Waals surface area contributed by atoms with Crippen molar-refractivity contribution in [2.45, 2.75) is 26.2 Å². The Morgan fingerprint density at radius 2 is 2.05 bits per heavy atom. The Morgan fingerprint density at radius 3 is 2.77 bits per heavy atom. The molecule has 0 aliphatic carbocycles. The molecule has 0 unspecified atom stereocenters. The molecule has 0 atom stereocenters. The van der Waals surface area contributed by atoms with Crippen molar-refractivity contribution >= 4 is 28.9 Å². The third-order valence-corrected chi connectivity index (χ3v) is 4.95. The standard InChI is InChI=1S/C17H20N2O2S/c1-12-6-7-14(21-2)13(10-12)11-15-16(20)18-17(22-15)19-8-4-3-5-9-19/h6-7,10-11H,3-5,8-9H2,1-2H3/b15-11-. The first-order valence-electron chi connectivity index (χ1n) is 7.59. The number of hydrogen-bond acceptors (Lipinski definition) is 4. The van der Waals surface area contributed by atoms with E-state index in [9.17, 15) is 4.79 Å². The topological polar surface area (TPSA) is 41.9 Å². The second-order valence-corrected chi connectivity index (χ2v) is 6.61. The van der Waals surface area contributed by atoms with Crippen LogP contribution in [0.2, 0.25) is 0 Å². The number of likely N-dealkylation sites (tertiary alicyclic amines) is 1. The van der Waals surface area contributed by atoms with E-state index in [4.69, 9.17) is 4.74 Å². The summed E-state index contributed by atoms with van der Waals surface area (Å²) in [5.74, 6) is 0.632. The summed E-state index contributed by atoms with van der Waals surface area (Å²) in [6, 6.07) is 5.96.